The highest BCUT2D eigenvalue weighted by molar-refractivity contribution is 6.17. The second-order valence-electron chi connectivity index (χ2n) is 3.94. The standard InChI is InChI=1S/C9H16ClNO4/c1-6(11-8(13)14-5-10)7(12)15-9(2,3)4/h6H,5H2,1-4H3,(H,11,13)/t6-/m0/s1. The Morgan fingerprint density at radius 2 is 1.93 bits per heavy atom. The summed E-state index contributed by atoms with van der Waals surface area (Å²) in [4.78, 5) is 22.3. The van der Waals surface area contributed by atoms with Crippen LogP contribution in [0.2, 0.25) is 0 Å². The number of ether oxygens (including phenoxy) is 2. The maximum Gasteiger partial charge on any atom is 0.409 e. The van der Waals surface area contributed by atoms with Crippen molar-refractivity contribution in [1.82, 2.24) is 5.32 Å². The minimum absolute atomic E-state index is 0.257. The van der Waals surface area contributed by atoms with E-state index in [1.54, 1.807) is 20.8 Å². The van der Waals surface area contributed by atoms with E-state index in [0.29, 0.717) is 0 Å². The molecule has 0 radical (unpaired) electrons. The molecule has 0 aliphatic rings. The van der Waals surface area contributed by atoms with Gasteiger partial charge in [-0.2, -0.15) is 0 Å². The number of amides is 1. The number of hydrogen-bond donors (Lipinski definition) is 1. The number of rotatable bonds is 3. The molecule has 0 aliphatic heterocycles. The van der Waals surface area contributed by atoms with E-state index in [0.717, 1.165) is 0 Å². The van der Waals surface area contributed by atoms with Crippen LogP contribution < -0.4 is 5.32 Å². The third-order valence-corrected chi connectivity index (χ3v) is 1.39. The first-order valence-electron chi connectivity index (χ1n) is 4.48. The molecule has 0 rings (SSSR count). The number of alkyl carbamates (subject to hydrolysis) is 1. The molecule has 0 saturated carbocycles. The number of carbonyl (C=O) groups is 2. The van der Waals surface area contributed by atoms with Crippen molar-refractivity contribution in [3.8, 4) is 0 Å². The molecule has 1 atom stereocenters. The molecule has 0 heterocycles. The maximum absolute atomic E-state index is 11.4. The Labute approximate surface area is 94.1 Å². The zero-order chi connectivity index (χ0) is 12.1. The first-order chi connectivity index (χ1) is 6.76. The Bertz CT molecular complexity index is 237. The predicted octanol–water partition coefficient (Wildman–Crippen LogP) is 1.64. The van der Waals surface area contributed by atoms with E-state index in [-0.39, 0.29) is 6.07 Å². The van der Waals surface area contributed by atoms with Gasteiger partial charge in [-0.05, 0) is 27.7 Å². The van der Waals surface area contributed by atoms with E-state index in [1.807, 2.05) is 0 Å². The van der Waals surface area contributed by atoms with Crippen LogP contribution in [0.25, 0.3) is 0 Å². The Hall–Kier alpha value is -0.970. The van der Waals surface area contributed by atoms with Crippen LogP contribution >= 0.6 is 11.6 Å². The Morgan fingerprint density at radius 3 is 2.33 bits per heavy atom. The summed E-state index contributed by atoms with van der Waals surface area (Å²) in [6, 6.07) is -1.02. The summed E-state index contributed by atoms with van der Waals surface area (Å²) in [7, 11) is 0. The summed E-state index contributed by atoms with van der Waals surface area (Å²) < 4.78 is 9.44. The summed E-state index contributed by atoms with van der Waals surface area (Å²) in [6.45, 7) is 6.74. The molecule has 0 aromatic carbocycles. The van der Waals surface area contributed by atoms with Gasteiger partial charge in [0.05, 0.1) is 0 Å². The van der Waals surface area contributed by atoms with Gasteiger partial charge < -0.3 is 14.8 Å². The highest BCUT2D eigenvalue weighted by Gasteiger charge is 2.23. The second-order valence-corrected chi connectivity index (χ2v) is 4.16. The number of halogens is 1. The molecule has 1 N–H and O–H groups in total. The van der Waals surface area contributed by atoms with Crippen LogP contribution in [0.5, 0.6) is 0 Å². The molecule has 0 fully saturated rings. The first-order valence-corrected chi connectivity index (χ1v) is 5.02. The van der Waals surface area contributed by atoms with Gasteiger partial charge in [0.1, 0.15) is 11.6 Å². The van der Waals surface area contributed by atoms with Crippen molar-refractivity contribution in [2.75, 3.05) is 6.07 Å². The molecule has 0 aromatic rings. The highest BCUT2D eigenvalue weighted by Crippen LogP contribution is 2.08. The Balaban J connectivity index is 4.05. The van der Waals surface area contributed by atoms with Crippen molar-refractivity contribution >= 4 is 23.7 Å². The molecule has 0 aliphatic carbocycles. The third-order valence-electron chi connectivity index (χ3n) is 1.28. The summed E-state index contributed by atoms with van der Waals surface area (Å²) >= 11 is 5.17. The van der Waals surface area contributed by atoms with Gasteiger partial charge in [0.15, 0.2) is 6.07 Å². The maximum atomic E-state index is 11.4. The molecule has 15 heavy (non-hydrogen) atoms. The van der Waals surface area contributed by atoms with Crippen molar-refractivity contribution in [3.05, 3.63) is 0 Å². The van der Waals surface area contributed by atoms with Gasteiger partial charge in [0.2, 0.25) is 0 Å². The fraction of sp³-hybridized carbons (Fsp3) is 0.778. The third kappa shape index (κ3) is 7.02. The van der Waals surface area contributed by atoms with Crippen LogP contribution in [0, 0.1) is 0 Å². The van der Waals surface area contributed by atoms with Crippen LogP contribution in [-0.2, 0) is 14.3 Å². The molecule has 88 valence electrons. The zero-order valence-electron chi connectivity index (χ0n) is 9.30. The summed E-state index contributed by atoms with van der Waals surface area (Å²) in [5.74, 6) is -0.519. The monoisotopic (exact) mass is 237 g/mol. The van der Waals surface area contributed by atoms with Crippen molar-refractivity contribution in [3.63, 3.8) is 0 Å². The van der Waals surface area contributed by atoms with Crippen LogP contribution in [0.15, 0.2) is 0 Å². The van der Waals surface area contributed by atoms with E-state index < -0.39 is 23.7 Å². The van der Waals surface area contributed by atoms with E-state index in [1.165, 1.54) is 6.92 Å². The van der Waals surface area contributed by atoms with Gasteiger partial charge >= 0.3 is 12.1 Å². The van der Waals surface area contributed by atoms with E-state index >= 15 is 0 Å². The van der Waals surface area contributed by atoms with Crippen molar-refractivity contribution < 1.29 is 19.1 Å². The second kappa shape index (κ2) is 5.80. The lowest BCUT2D eigenvalue weighted by atomic mass is 10.2. The van der Waals surface area contributed by atoms with Gasteiger partial charge in [-0.15, -0.1) is 0 Å². The molecular formula is C9H16ClNO4. The molecule has 0 bridgehead atoms. The highest BCUT2D eigenvalue weighted by atomic mass is 35.5. The average molecular weight is 238 g/mol. The number of alkyl halides is 1. The van der Waals surface area contributed by atoms with Crippen LogP contribution in [0.3, 0.4) is 0 Å². The fourth-order valence-corrected chi connectivity index (χ4v) is 0.816. The number of esters is 1. The van der Waals surface area contributed by atoms with Crippen molar-refractivity contribution in [1.29, 1.82) is 0 Å². The smallest absolute Gasteiger partial charge is 0.409 e. The largest absolute Gasteiger partial charge is 0.458 e. The lowest BCUT2D eigenvalue weighted by molar-refractivity contribution is -0.156. The van der Waals surface area contributed by atoms with Gasteiger partial charge in [-0.3, -0.25) is 0 Å². The Kier molecular flexibility index (Phi) is 5.43. The topological polar surface area (TPSA) is 64.6 Å². The molecule has 5 nitrogen and oxygen atoms in total. The minimum atomic E-state index is -0.764. The molecule has 6 heteroatoms. The van der Waals surface area contributed by atoms with E-state index in [9.17, 15) is 9.59 Å². The quantitative estimate of drug-likeness (QED) is 0.599. The first kappa shape index (κ1) is 14.0. The van der Waals surface area contributed by atoms with Gasteiger partial charge in [0.25, 0.3) is 0 Å². The normalized spacial score (nSPS) is 12.9. The lowest BCUT2D eigenvalue weighted by Crippen LogP contribution is -2.42. The number of carbonyl (C=O) groups excluding carboxylic acids is 2. The summed E-state index contributed by atoms with van der Waals surface area (Å²) in [5.41, 5.74) is -0.580. The van der Waals surface area contributed by atoms with Crippen LogP contribution in [-0.4, -0.2) is 29.8 Å². The molecule has 0 spiro atoms. The SMILES string of the molecule is C[C@H](NC(=O)OCCl)C(=O)OC(C)(C)C. The molecular weight excluding hydrogens is 222 g/mol. The van der Waals surface area contributed by atoms with Gasteiger partial charge in [-0.1, -0.05) is 11.6 Å². The van der Waals surface area contributed by atoms with Gasteiger partial charge in [0, 0.05) is 0 Å². The van der Waals surface area contributed by atoms with Crippen LogP contribution in [0.4, 0.5) is 4.79 Å². The predicted molar refractivity (Wildman–Crippen MR) is 55.6 cm³/mol. The molecule has 1 amide bonds. The molecule has 0 unspecified atom stereocenters. The molecule has 0 saturated heterocycles. The number of hydrogen-bond acceptors (Lipinski definition) is 4. The average Bonchev–Trinajstić information content (AvgIpc) is 2.00. The minimum Gasteiger partial charge on any atom is -0.458 e. The Morgan fingerprint density at radius 1 is 1.40 bits per heavy atom. The van der Waals surface area contributed by atoms with Crippen LogP contribution in [0.1, 0.15) is 27.7 Å². The van der Waals surface area contributed by atoms with Crippen molar-refractivity contribution in [2.24, 2.45) is 0 Å². The summed E-state index contributed by atoms with van der Waals surface area (Å²) in [6.07, 6.45) is -0.747. The zero-order valence-corrected chi connectivity index (χ0v) is 10.1. The van der Waals surface area contributed by atoms with Crippen molar-refractivity contribution in [2.45, 2.75) is 39.3 Å². The van der Waals surface area contributed by atoms with E-state index in [2.05, 4.69) is 10.1 Å². The molecule has 0 aromatic heterocycles. The lowest BCUT2D eigenvalue weighted by Gasteiger charge is -2.22. The number of nitrogens with one attached hydrogen (secondary N) is 1. The summed E-state index contributed by atoms with van der Waals surface area (Å²) in [5, 5.41) is 2.28. The fourth-order valence-electron chi connectivity index (χ4n) is 0.717. The van der Waals surface area contributed by atoms with E-state index in [4.69, 9.17) is 16.3 Å². The van der Waals surface area contributed by atoms with Gasteiger partial charge in [-0.25, -0.2) is 9.59 Å².